The number of halogens is 1. The van der Waals surface area contributed by atoms with Gasteiger partial charge in [-0.05, 0) is 40.6 Å². The highest BCUT2D eigenvalue weighted by Crippen LogP contribution is 2.21. The van der Waals surface area contributed by atoms with Gasteiger partial charge in [0.15, 0.2) is 0 Å². The van der Waals surface area contributed by atoms with Crippen LogP contribution in [-0.2, 0) is 5.11 Å². The molecule has 0 bridgehead atoms. The average Bonchev–Trinajstić information content (AvgIpc) is 2.04. The topological polar surface area (TPSA) is 19.9 Å². The predicted molar refractivity (Wildman–Crippen MR) is 52.9 cm³/mol. The summed E-state index contributed by atoms with van der Waals surface area (Å²) in [4.78, 5) is 0. The van der Waals surface area contributed by atoms with Gasteiger partial charge in [0, 0.05) is 3.57 Å². The molecule has 1 nitrogen and oxygen atoms in total. The molecule has 0 amide bonds. The van der Waals surface area contributed by atoms with Gasteiger partial charge in [-0.2, -0.15) is 0 Å². The molecule has 1 atom stereocenters. The molecule has 0 aliphatic carbocycles. The molecule has 0 aromatic heterocycles. The highest BCUT2D eigenvalue weighted by Gasteiger charge is 2.08. The maximum Gasteiger partial charge on any atom is 0.119 e. The lowest BCUT2D eigenvalue weighted by Gasteiger charge is -2.06. The van der Waals surface area contributed by atoms with E-state index >= 15 is 0 Å². The lowest BCUT2D eigenvalue weighted by atomic mass is 10.1. The van der Waals surface area contributed by atoms with Crippen molar-refractivity contribution in [2.45, 2.75) is 19.4 Å². The third-order valence-electron chi connectivity index (χ3n) is 1.62. The van der Waals surface area contributed by atoms with E-state index in [0.717, 1.165) is 9.13 Å². The molecule has 0 aliphatic heterocycles. The van der Waals surface area contributed by atoms with Crippen LogP contribution >= 0.6 is 22.6 Å². The van der Waals surface area contributed by atoms with Crippen molar-refractivity contribution >= 4 is 22.6 Å². The van der Waals surface area contributed by atoms with Gasteiger partial charge in [-0.3, -0.25) is 0 Å². The Morgan fingerprint density at radius 2 is 2.09 bits per heavy atom. The van der Waals surface area contributed by atoms with Crippen LogP contribution < -0.4 is 0 Å². The number of hydrogen-bond acceptors (Lipinski definition) is 0. The standard InChI is InChI=1S/C9H10IO/c1-2-9(11)7-5-3-4-6-8(7)10/h3-6,9H,2H2,1H3. The normalized spacial score (nSPS) is 13.0. The summed E-state index contributed by atoms with van der Waals surface area (Å²) in [7, 11) is 0. The van der Waals surface area contributed by atoms with E-state index in [2.05, 4.69) is 22.6 Å². The van der Waals surface area contributed by atoms with Gasteiger partial charge in [-0.25, -0.2) is 5.11 Å². The van der Waals surface area contributed by atoms with Crippen molar-refractivity contribution in [1.82, 2.24) is 0 Å². The third kappa shape index (κ3) is 2.17. The maximum atomic E-state index is 11.3. The molecule has 59 valence electrons. The second kappa shape index (κ2) is 4.07. The Morgan fingerprint density at radius 3 is 2.64 bits per heavy atom. The fourth-order valence-electron chi connectivity index (χ4n) is 0.956. The molecular formula is C9H10IO. The van der Waals surface area contributed by atoms with Crippen LogP contribution in [0.15, 0.2) is 24.3 Å². The van der Waals surface area contributed by atoms with Crippen molar-refractivity contribution in [3.8, 4) is 0 Å². The molecule has 11 heavy (non-hydrogen) atoms. The zero-order valence-electron chi connectivity index (χ0n) is 6.38. The van der Waals surface area contributed by atoms with Crippen LogP contribution in [0.25, 0.3) is 0 Å². The van der Waals surface area contributed by atoms with Crippen LogP contribution in [0, 0.1) is 3.57 Å². The molecule has 0 heterocycles. The first kappa shape index (κ1) is 9.00. The molecule has 1 rings (SSSR count). The zero-order chi connectivity index (χ0) is 8.27. The first-order valence-corrected chi connectivity index (χ1v) is 4.73. The molecule has 0 aliphatic rings. The minimum absolute atomic E-state index is 0.553. The van der Waals surface area contributed by atoms with Gasteiger partial charge in [-0.1, -0.05) is 25.1 Å². The summed E-state index contributed by atoms with van der Waals surface area (Å²) in [5, 5.41) is 11.3. The Hall–Kier alpha value is -0.0900. The Labute approximate surface area is 80.6 Å². The van der Waals surface area contributed by atoms with Crippen LogP contribution in [0.5, 0.6) is 0 Å². The minimum atomic E-state index is -0.553. The molecule has 0 N–H and O–H groups in total. The number of rotatable bonds is 2. The van der Waals surface area contributed by atoms with Gasteiger partial charge in [-0.15, -0.1) is 0 Å². The fourth-order valence-corrected chi connectivity index (χ4v) is 1.69. The molecule has 0 spiro atoms. The second-order valence-corrected chi connectivity index (χ2v) is 3.58. The van der Waals surface area contributed by atoms with Crippen molar-refractivity contribution in [2.24, 2.45) is 0 Å². The predicted octanol–water partition coefficient (Wildman–Crippen LogP) is 3.17. The van der Waals surface area contributed by atoms with Crippen molar-refractivity contribution in [1.29, 1.82) is 0 Å². The number of hydrogen-bond donors (Lipinski definition) is 0. The first-order valence-electron chi connectivity index (χ1n) is 3.66. The van der Waals surface area contributed by atoms with E-state index in [1.807, 2.05) is 31.2 Å². The SMILES string of the molecule is CCC([O])c1ccccc1I. The molecule has 0 fully saturated rings. The summed E-state index contributed by atoms with van der Waals surface area (Å²) in [5.41, 5.74) is 0.926. The first-order chi connectivity index (χ1) is 5.25. The summed E-state index contributed by atoms with van der Waals surface area (Å²) < 4.78 is 1.08. The van der Waals surface area contributed by atoms with E-state index in [-0.39, 0.29) is 0 Å². The van der Waals surface area contributed by atoms with E-state index in [4.69, 9.17) is 0 Å². The molecule has 0 saturated carbocycles. The van der Waals surface area contributed by atoms with E-state index in [9.17, 15) is 5.11 Å². The van der Waals surface area contributed by atoms with E-state index in [1.54, 1.807) is 0 Å². The minimum Gasteiger partial charge on any atom is -0.228 e. The summed E-state index contributed by atoms with van der Waals surface area (Å²) in [6.45, 7) is 1.92. The summed E-state index contributed by atoms with van der Waals surface area (Å²) >= 11 is 2.20. The van der Waals surface area contributed by atoms with Gasteiger partial charge in [0.05, 0.1) is 0 Å². The Kier molecular flexibility index (Phi) is 3.33. The highest BCUT2D eigenvalue weighted by molar-refractivity contribution is 14.1. The van der Waals surface area contributed by atoms with Crippen LogP contribution in [-0.4, -0.2) is 0 Å². The van der Waals surface area contributed by atoms with E-state index in [1.165, 1.54) is 0 Å². The molecule has 1 aromatic rings. The quantitative estimate of drug-likeness (QED) is 0.729. The highest BCUT2D eigenvalue weighted by atomic mass is 127. The van der Waals surface area contributed by atoms with Crippen molar-refractivity contribution < 1.29 is 5.11 Å². The lowest BCUT2D eigenvalue weighted by Crippen LogP contribution is -1.95. The third-order valence-corrected chi connectivity index (χ3v) is 2.61. The van der Waals surface area contributed by atoms with Gasteiger partial charge >= 0.3 is 0 Å². The van der Waals surface area contributed by atoms with Crippen molar-refractivity contribution in [2.75, 3.05) is 0 Å². The van der Waals surface area contributed by atoms with Crippen LogP contribution in [0.4, 0.5) is 0 Å². The monoisotopic (exact) mass is 261 g/mol. The largest absolute Gasteiger partial charge is 0.228 e. The van der Waals surface area contributed by atoms with Gasteiger partial charge < -0.3 is 0 Å². The van der Waals surface area contributed by atoms with Crippen LogP contribution in [0.1, 0.15) is 25.0 Å². The summed E-state index contributed by atoms with van der Waals surface area (Å²) in [5.74, 6) is 0. The van der Waals surface area contributed by atoms with E-state index in [0.29, 0.717) is 6.42 Å². The second-order valence-electron chi connectivity index (χ2n) is 2.42. The van der Waals surface area contributed by atoms with Gasteiger partial charge in [0.2, 0.25) is 0 Å². The van der Waals surface area contributed by atoms with Crippen LogP contribution in [0.2, 0.25) is 0 Å². The van der Waals surface area contributed by atoms with Crippen LogP contribution in [0.3, 0.4) is 0 Å². The summed E-state index contributed by atoms with van der Waals surface area (Å²) in [6, 6.07) is 7.74. The van der Waals surface area contributed by atoms with Crippen molar-refractivity contribution in [3.05, 3.63) is 33.4 Å². The molecule has 1 aromatic carbocycles. The Balaban J connectivity index is 2.93. The molecular weight excluding hydrogens is 251 g/mol. The molecule has 1 radical (unpaired) electrons. The van der Waals surface area contributed by atoms with Gasteiger partial charge in [0.25, 0.3) is 0 Å². The van der Waals surface area contributed by atoms with E-state index < -0.39 is 6.10 Å². The zero-order valence-corrected chi connectivity index (χ0v) is 8.54. The Morgan fingerprint density at radius 1 is 1.45 bits per heavy atom. The van der Waals surface area contributed by atoms with Gasteiger partial charge in [0.1, 0.15) is 6.10 Å². The molecule has 0 saturated heterocycles. The lowest BCUT2D eigenvalue weighted by molar-refractivity contribution is 0.0850. The Bertz CT molecular complexity index is 235. The summed E-state index contributed by atoms with van der Waals surface area (Å²) in [6.07, 6.45) is 0.114. The van der Waals surface area contributed by atoms with Crippen molar-refractivity contribution in [3.63, 3.8) is 0 Å². The average molecular weight is 261 g/mol. The smallest absolute Gasteiger partial charge is 0.119 e. The molecule has 1 unspecified atom stereocenters. The number of benzene rings is 1. The molecule has 2 heteroatoms. The fraction of sp³-hybridized carbons (Fsp3) is 0.333. The maximum absolute atomic E-state index is 11.3.